The molecule has 12 heavy (non-hydrogen) atoms. The second-order valence-electron chi connectivity index (χ2n) is 2.48. The molecule has 62 valence electrons. The Labute approximate surface area is 70.6 Å². The van der Waals surface area contributed by atoms with Crippen molar-refractivity contribution in [1.29, 1.82) is 5.26 Å². The fourth-order valence-corrected chi connectivity index (χ4v) is 0.844. The third-order valence-corrected chi connectivity index (χ3v) is 1.54. The number of rotatable bonds is 2. The van der Waals surface area contributed by atoms with Gasteiger partial charge in [-0.05, 0) is 24.6 Å². The molecule has 0 aliphatic rings. The van der Waals surface area contributed by atoms with Crippen molar-refractivity contribution in [3.8, 4) is 6.07 Å². The number of nitrogens with zero attached hydrogens (tertiary/aromatic N) is 1. The summed E-state index contributed by atoms with van der Waals surface area (Å²) in [6, 6.07) is 6.72. The highest BCUT2D eigenvalue weighted by Crippen LogP contribution is 2.12. The number of aryl methyl sites for hydroxylation is 1. The van der Waals surface area contributed by atoms with Gasteiger partial charge < -0.3 is 5.32 Å². The van der Waals surface area contributed by atoms with E-state index in [2.05, 4.69) is 5.32 Å². The average Bonchev–Trinajstić information content (AvgIpc) is 2.07. The summed E-state index contributed by atoms with van der Waals surface area (Å²) in [4.78, 5) is 0. The first-order valence-electron chi connectivity index (χ1n) is 3.61. The van der Waals surface area contributed by atoms with Crippen molar-refractivity contribution in [3.05, 3.63) is 29.6 Å². The van der Waals surface area contributed by atoms with Gasteiger partial charge in [-0.3, -0.25) is 0 Å². The molecule has 2 nitrogen and oxygen atoms in total. The number of anilines is 1. The fourth-order valence-electron chi connectivity index (χ4n) is 0.844. The molecule has 0 fully saturated rings. The SMILES string of the molecule is Cc1ccc(NCC#N)cc1F. The van der Waals surface area contributed by atoms with Crippen LogP contribution in [0.5, 0.6) is 0 Å². The maximum Gasteiger partial charge on any atom is 0.128 e. The number of hydrogen-bond donors (Lipinski definition) is 1. The normalized spacial score (nSPS) is 9.08. The maximum atomic E-state index is 12.9. The van der Waals surface area contributed by atoms with Crippen LogP contribution in [0, 0.1) is 24.1 Å². The molecule has 0 saturated carbocycles. The molecule has 0 spiro atoms. The molecular formula is C9H9FN2. The molecule has 0 unspecified atom stereocenters. The van der Waals surface area contributed by atoms with Crippen LogP contribution in [0.3, 0.4) is 0 Å². The fraction of sp³-hybridized carbons (Fsp3) is 0.222. The van der Waals surface area contributed by atoms with Crippen LogP contribution in [0.4, 0.5) is 10.1 Å². The van der Waals surface area contributed by atoms with Crippen molar-refractivity contribution >= 4 is 5.69 Å². The zero-order valence-electron chi connectivity index (χ0n) is 6.76. The molecule has 1 aromatic carbocycles. The Balaban J connectivity index is 2.77. The number of nitriles is 1. The second kappa shape index (κ2) is 3.72. The van der Waals surface area contributed by atoms with E-state index in [0.717, 1.165) is 0 Å². The van der Waals surface area contributed by atoms with E-state index < -0.39 is 0 Å². The molecule has 0 aliphatic carbocycles. The van der Waals surface area contributed by atoms with E-state index in [-0.39, 0.29) is 12.4 Å². The van der Waals surface area contributed by atoms with Gasteiger partial charge in [-0.2, -0.15) is 5.26 Å². The van der Waals surface area contributed by atoms with Gasteiger partial charge in [0.2, 0.25) is 0 Å². The predicted octanol–water partition coefficient (Wildman–Crippen LogP) is 2.07. The van der Waals surface area contributed by atoms with Gasteiger partial charge in [0.15, 0.2) is 0 Å². The van der Waals surface area contributed by atoms with Gasteiger partial charge in [-0.25, -0.2) is 4.39 Å². The molecule has 0 bridgehead atoms. The van der Waals surface area contributed by atoms with E-state index in [1.807, 2.05) is 6.07 Å². The van der Waals surface area contributed by atoms with Crippen LogP contribution in [0.25, 0.3) is 0 Å². The topological polar surface area (TPSA) is 35.8 Å². The van der Waals surface area contributed by atoms with Gasteiger partial charge in [0.25, 0.3) is 0 Å². The summed E-state index contributed by atoms with van der Waals surface area (Å²) in [5.41, 5.74) is 1.25. The van der Waals surface area contributed by atoms with Crippen molar-refractivity contribution < 1.29 is 4.39 Å². The molecule has 3 heteroatoms. The van der Waals surface area contributed by atoms with Crippen LogP contribution in [-0.4, -0.2) is 6.54 Å². The van der Waals surface area contributed by atoms with Crippen molar-refractivity contribution in [2.45, 2.75) is 6.92 Å². The second-order valence-corrected chi connectivity index (χ2v) is 2.48. The zero-order chi connectivity index (χ0) is 8.97. The van der Waals surface area contributed by atoms with Crippen LogP contribution in [0.2, 0.25) is 0 Å². The Bertz CT molecular complexity index is 315. The monoisotopic (exact) mass is 164 g/mol. The van der Waals surface area contributed by atoms with Crippen LogP contribution < -0.4 is 5.32 Å². The zero-order valence-corrected chi connectivity index (χ0v) is 6.76. The van der Waals surface area contributed by atoms with E-state index in [9.17, 15) is 4.39 Å². The summed E-state index contributed by atoms with van der Waals surface area (Å²) < 4.78 is 12.9. The van der Waals surface area contributed by atoms with Crippen molar-refractivity contribution in [2.75, 3.05) is 11.9 Å². The Morgan fingerprint density at radius 1 is 1.58 bits per heavy atom. The number of nitrogens with one attached hydrogen (secondary N) is 1. The number of benzene rings is 1. The van der Waals surface area contributed by atoms with Crippen molar-refractivity contribution in [3.63, 3.8) is 0 Å². The van der Waals surface area contributed by atoms with Gasteiger partial charge in [0, 0.05) is 5.69 Å². The molecule has 1 aromatic rings. The Hall–Kier alpha value is -1.56. The predicted molar refractivity (Wildman–Crippen MR) is 45.2 cm³/mol. The molecule has 0 aliphatic heterocycles. The lowest BCUT2D eigenvalue weighted by molar-refractivity contribution is 0.619. The Kier molecular flexibility index (Phi) is 2.65. The van der Waals surface area contributed by atoms with Gasteiger partial charge in [-0.1, -0.05) is 6.07 Å². The molecule has 1 N–H and O–H groups in total. The third kappa shape index (κ3) is 1.96. The van der Waals surface area contributed by atoms with Crippen LogP contribution in [-0.2, 0) is 0 Å². The van der Waals surface area contributed by atoms with Gasteiger partial charge in [0.1, 0.15) is 12.4 Å². The molecular weight excluding hydrogens is 155 g/mol. The minimum atomic E-state index is -0.252. The van der Waals surface area contributed by atoms with E-state index in [1.54, 1.807) is 19.1 Å². The number of hydrogen-bond acceptors (Lipinski definition) is 2. The molecule has 0 saturated heterocycles. The first kappa shape index (κ1) is 8.54. The molecule has 0 amide bonds. The highest BCUT2D eigenvalue weighted by Gasteiger charge is 1.97. The third-order valence-electron chi connectivity index (χ3n) is 1.54. The molecule has 0 atom stereocenters. The van der Waals surface area contributed by atoms with E-state index in [4.69, 9.17) is 5.26 Å². The maximum absolute atomic E-state index is 12.9. The average molecular weight is 164 g/mol. The van der Waals surface area contributed by atoms with Gasteiger partial charge in [0.05, 0.1) is 6.07 Å². The van der Waals surface area contributed by atoms with Crippen LogP contribution in [0.15, 0.2) is 18.2 Å². The molecule has 0 radical (unpaired) electrons. The lowest BCUT2D eigenvalue weighted by Crippen LogP contribution is -1.98. The van der Waals surface area contributed by atoms with Gasteiger partial charge >= 0.3 is 0 Å². The van der Waals surface area contributed by atoms with E-state index in [1.165, 1.54) is 6.07 Å². The summed E-state index contributed by atoms with van der Waals surface area (Å²) in [5.74, 6) is -0.252. The molecule has 1 rings (SSSR count). The molecule has 0 heterocycles. The summed E-state index contributed by atoms with van der Waals surface area (Å²) in [5, 5.41) is 11.0. The largest absolute Gasteiger partial charge is 0.372 e. The summed E-state index contributed by atoms with van der Waals surface area (Å²) in [6.45, 7) is 1.89. The number of halogens is 1. The van der Waals surface area contributed by atoms with Crippen molar-refractivity contribution in [1.82, 2.24) is 0 Å². The van der Waals surface area contributed by atoms with E-state index in [0.29, 0.717) is 11.3 Å². The first-order chi connectivity index (χ1) is 5.74. The van der Waals surface area contributed by atoms with Crippen LogP contribution in [0.1, 0.15) is 5.56 Å². The molecule has 0 aromatic heterocycles. The van der Waals surface area contributed by atoms with Crippen molar-refractivity contribution in [2.24, 2.45) is 0 Å². The minimum absolute atomic E-state index is 0.197. The Morgan fingerprint density at radius 3 is 2.92 bits per heavy atom. The summed E-state index contributed by atoms with van der Waals surface area (Å²) in [7, 11) is 0. The van der Waals surface area contributed by atoms with E-state index >= 15 is 0 Å². The summed E-state index contributed by atoms with van der Waals surface area (Å²) >= 11 is 0. The quantitative estimate of drug-likeness (QED) is 0.679. The first-order valence-corrected chi connectivity index (χ1v) is 3.61. The lowest BCUT2D eigenvalue weighted by Gasteiger charge is -2.02. The Morgan fingerprint density at radius 2 is 2.33 bits per heavy atom. The highest BCUT2D eigenvalue weighted by molar-refractivity contribution is 5.45. The minimum Gasteiger partial charge on any atom is -0.372 e. The van der Waals surface area contributed by atoms with Gasteiger partial charge in [-0.15, -0.1) is 0 Å². The standard InChI is InChI=1S/C9H9FN2/c1-7-2-3-8(6-9(7)10)12-5-4-11/h2-3,6,12H,5H2,1H3. The summed E-state index contributed by atoms with van der Waals surface area (Å²) in [6.07, 6.45) is 0. The smallest absolute Gasteiger partial charge is 0.128 e. The highest BCUT2D eigenvalue weighted by atomic mass is 19.1. The lowest BCUT2D eigenvalue weighted by atomic mass is 10.2. The van der Waals surface area contributed by atoms with Crippen LogP contribution >= 0.6 is 0 Å².